The Kier molecular flexibility index (Phi) is 3.33. The van der Waals surface area contributed by atoms with Gasteiger partial charge in [0, 0.05) is 17.6 Å². The molecule has 1 aliphatic rings. The number of hydrogen-bond acceptors (Lipinski definition) is 3. The normalized spacial score (nSPS) is 16.8. The summed E-state index contributed by atoms with van der Waals surface area (Å²) in [6.45, 7) is 0. The minimum atomic E-state index is -0.385. The van der Waals surface area contributed by atoms with Gasteiger partial charge in [0.1, 0.15) is 10.8 Å². The van der Waals surface area contributed by atoms with Gasteiger partial charge >= 0.3 is 0 Å². The van der Waals surface area contributed by atoms with Gasteiger partial charge in [0.25, 0.3) is 0 Å². The van der Waals surface area contributed by atoms with E-state index in [1.54, 1.807) is 29.7 Å². The van der Waals surface area contributed by atoms with Crippen molar-refractivity contribution in [2.75, 3.05) is 0 Å². The first-order valence-electron chi connectivity index (χ1n) is 5.84. The molecule has 1 aromatic heterocycles. The van der Waals surface area contributed by atoms with Crippen LogP contribution in [0.15, 0.2) is 29.8 Å². The lowest BCUT2D eigenvalue weighted by Gasteiger charge is -2.17. The Hall–Kier alpha value is -0.970. The molecule has 5 heteroatoms. The predicted molar refractivity (Wildman–Crippen MR) is 71.5 cm³/mol. The Morgan fingerprint density at radius 1 is 1.44 bits per heavy atom. The standard InChI is InChI=1S/C13H12ClFN2S/c14-10-7-8(1-4-11(10)15)12(17-9-2-3-9)13-16-5-6-18-13/h1,4-7,9,12,17H,2-3H2. The summed E-state index contributed by atoms with van der Waals surface area (Å²) in [5, 5.41) is 6.62. The Morgan fingerprint density at radius 3 is 2.89 bits per heavy atom. The van der Waals surface area contributed by atoms with Crippen molar-refractivity contribution in [3.8, 4) is 0 Å². The summed E-state index contributed by atoms with van der Waals surface area (Å²) in [5.41, 5.74) is 0.961. The van der Waals surface area contributed by atoms with Gasteiger partial charge in [0.2, 0.25) is 0 Å². The quantitative estimate of drug-likeness (QED) is 0.923. The molecule has 0 aliphatic heterocycles. The number of nitrogens with zero attached hydrogens (tertiary/aromatic N) is 1. The van der Waals surface area contributed by atoms with Gasteiger partial charge in [0.15, 0.2) is 0 Å². The molecule has 0 spiro atoms. The molecule has 1 atom stereocenters. The molecule has 0 bridgehead atoms. The molecular weight excluding hydrogens is 271 g/mol. The third kappa shape index (κ3) is 2.55. The van der Waals surface area contributed by atoms with E-state index in [4.69, 9.17) is 11.6 Å². The minimum Gasteiger partial charge on any atom is -0.301 e. The topological polar surface area (TPSA) is 24.9 Å². The number of rotatable bonds is 4. The monoisotopic (exact) mass is 282 g/mol. The van der Waals surface area contributed by atoms with Crippen LogP contribution in [0.2, 0.25) is 5.02 Å². The van der Waals surface area contributed by atoms with Crippen LogP contribution >= 0.6 is 22.9 Å². The highest BCUT2D eigenvalue weighted by atomic mass is 35.5. The van der Waals surface area contributed by atoms with Crippen LogP contribution in [0, 0.1) is 5.82 Å². The average Bonchev–Trinajstić information content (AvgIpc) is 3.02. The maximum Gasteiger partial charge on any atom is 0.141 e. The fraction of sp³-hybridized carbons (Fsp3) is 0.308. The van der Waals surface area contributed by atoms with Crippen molar-refractivity contribution in [3.05, 3.63) is 51.2 Å². The highest BCUT2D eigenvalue weighted by molar-refractivity contribution is 7.09. The Balaban J connectivity index is 1.93. The lowest BCUT2D eigenvalue weighted by Crippen LogP contribution is -2.24. The van der Waals surface area contributed by atoms with Gasteiger partial charge in [0.05, 0.1) is 11.1 Å². The molecule has 2 nitrogen and oxygen atoms in total. The molecule has 1 aliphatic carbocycles. The molecule has 94 valence electrons. The van der Waals surface area contributed by atoms with Crippen LogP contribution in [0.4, 0.5) is 4.39 Å². The third-order valence-corrected chi connectivity index (χ3v) is 4.09. The van der Waals surface area contributed by atoms with Gasteiger partial charge in [-0.3, -0.25) is 0 Å². The fourth-order valence-electron chi connectivity index (χ4n) is 1.86. The van der Waals surface area contributed by atoms with Crippen LogP contribution in [-0.2, 0) is 0 Å². The zero-order valence-corrected chi connectivity index (χ0v) is 11.1. The predicted octanol–water partition coefficient (Wildman–Crippen LogP) is 3.78. The van der Waals surface area contributed by atoms with Gasteiger partial charge in [-0.2, -0.15) is 0 Å². The number of hydrogen-bond donors (Lipinski definition) is 1. The number of halogens is 2. The summed E-state index contributed by atoms with van der Waals surface area (Å²) in [6.07, 6.45) is 4.17. The molecule has 1 N–H and O–H groups in total. The Morgan fingerprint density at radius 2 is 2.28 bits per heavy atom. The lowest BCUT2D eigenvalue weighted by molar-refractivity contribution is 0.592. The first kappa shape index (κ1) is 12.1. The number of thiazole rings is 1. The smallest absolute Gasteiger partial charge is 0.141 e. The highest BCUT2D eigenvalue weighted by Gasteiger charge is 2.27. The zero-order chi connectivity index (χ0) is 12.5. The molecule has 3 rings (SSSR count). The van der Waals surface area contributed by atoms with Crippen molar-refractivity contribution < 1.29 is 4.39 Å². The van der Waals surface area contributed by atoms with E-state index in [9.17, 15) is 4.39 Å². The van der Waals surface area contributed by atoms with Gasteiger partial charge in [-0.1, -0.05) is 17.7 Å². The second kappa shape index (κ2) is 4.96. The van der Waals surface area contributed by atoms with E-state index in [2.05, 4.69) is 10.3 Å². The van der Waals surface area contributed by atoms with Crippen molar-refractivity contribution in [3.63, 3.8) is 0 Å². The molecule has 1 aromatic carbocycles. The Labute approximate surface area is 114 Å². The number of benzene rings is 1. The van der Waals surface area contributed by atoms with Crippen molar-refractivity contribution in [1.29, 1.82) is 0 Å². The van der Waals surface area contributed by atoms with Crippen LogP contribution in [0.3, 0.4) is 0 Å². The molecule has 18 heavy (non-hydrogen) atoms. The van der Waals surface area contributed by atoms with E-state index >= 15 is 0 Å². The second-order valence-electron chi connectivity index (χ2n) is 4.42. The lowest BCUT2D eigenvalue weighted by atomic mass is 10.1. The summed E-state index contributed by atoms with van der Waals surface area (Å²) in [6, 6.07) is 5.41. The molecule has 0 amide bonds. The van der Waals surface area contributed by atoms with Crippen molar-refractivity contribution in [2.45, 2.75) is 24.9 Å². The van der Waals surface area contributed by atoms with Crippen LogP contribution < -0.4 is 5.32 Å². The van der Waals surface area contributed by atoms with Crippen molar-refractivity contribution in [2.24, 2.45) is 0 Å². The zero-order valence-electron chi connectivity index (χ0n) is 9.57. The van der Waals surface area contributed by atoms with Gasteiger partial charge < -0.3 is 5.32 Å². The van der Waals surface area contributed by atoms with E-state index in [-0.39, 0.29) is 16.9 Å². The molecule has 1 saturated carbocycles. The first-order valence-corrected chi connectivity index (χ1v) is 7.10. The maximum atomic E-state index is 13.2. The molecule has 0 radical (unpaired) electrons. The van der Waals surface area contributed by atoms with Crippen LogP contribution in [-0.4, -0.2) is 11.0 Å². The summed E-state index contributed by atoms with van der Waals surface area (Å²) >= 11 is 7.45. The minimum absolute atomic E-state index is 0.00981. The van der Waals surface area contributed by atoms with Crippen LogP contribution in [0.25, 0.3) is 0 Å². The van der Waals surface area contributed by atoms with E-state index < -0.39 is 0 Å². The largest absolute Gasteiger partial charge is 0.301 e. The van der Waals surface area contributed by atoms with Crippen LogP contribution in [0.5, 0.6) is 0 Å². The summed E-state index contributed by atoms with van der Waals surface area (Å²) < 4.78 is 13.2. The number of aromatic nitrogens is 1. The van der Waals surface area contributed by atoms with E-state index in [1.807, 2.05) is 5.38 Å². The third-order valence-electron chi connectivity index (χ3n) is 2.96. The van der Waals surface area contributed by atoms with E-state index in [1.165, 1.54) is 18.9 Å². The maximum absolute atomic E-state index is 13.2. The highest BCUT2D eigenvalue weighted by Crippen LogP contribution is 2.31. The second-order valence-corrected chi connectivity index (χ2v) is 5.75. The van der Waals surface area contributed by atoms with E-state index in [0.29, 0.717) is 6.04 Å². The summed E-state index contributed by atoms with van der Waals surface area (Å²) in [7, 11) is 0. The average molecular weight is 283 g/mol. The van der Waals surface area contributed by atoms with Crippen molar-refractivity contribution >= 4 is 22.9 Å². The van der Waals surface area contributed by atoms with Crippen molar-refractivity contribution in [1.82, 2.24) is 10.3 Å². The summed E-state index contributed by atoms with van der Waals surface area (Å²) in [5.74, 6) is -0.385. The van der Waals surface area contributed by atoms with Crippen LogP contribution in [0.1, 0.15) is 29.5 Å². The first-order chi connectivity index (χ1) is 8.74. The summed E-state index contributed by atoms with van der Waals surface area (Å²) in [4.78, 5) is 4.35. The van der Waals surface area contributed by atoms with Gasteiger partial charge in [-0.15, -0.1) is 11.3 Å². The molecule has 1 fully saturated rings. The molecule has 2 aromatic rings. The van der Waals surface area contributed by atoms with Gasteiger partial charge in [-0.25, -0.2) is 9.37 Å². The molecule has 1 unspecified atom stereocenters. The molecular formula is C13H12ClFN2S. The Bertz CT molecular complexity index is 540. The molecule has 0 saturated heterocycles. The SMILES string of the molecule is Fc1ccc(C(NC2CC2)c2nccs2)cc1Cl. The van der Waals surface area contributed by atoms with E-state index in [0.717, 1.165) is 10.6 Å². The fourth-order valence-corrected chi connectivity index (χ4v) is 2.78. The number of nitrogens with one attached hydrogen (secondary N) is 1. The van der Waals surface area contributed by atoms with Gasteiger partial charge in [-0.05, 0) is 30.5 Å². The molecule has 1 heterocycles.